The van der Waals surface area contributed by atoms with Gasteiger partial charge in [0.05, 0.1) is 10.9 Å². The van der Waals surface area contributed by atoms with Crippen molar-refractivity contribution in [1.29, 1.82) is 0 Å². The molecule has 2 aliphatic rings. The Morgan fingerprint density at radius 3 is 2.47 bits per heavy atom. The number of hydrogen-bond acceptors (Lipinski definition) is 5. The molecule has 1 saturated carbocycles. The number of aryl methyl sites for hydroxylation is 2. The summed E-state index contributed by atoms with van der Waals surface area (Å²) in [4.78, 5) is 59.9. The molecule has 188 valence electrons. The van der Waals surface area contributed by atoms with Crippen LogP contribution in [0.4, 0.5) is 0 Å². The number of carbonyl (C=O) groups excluding carboxylic acids is 2. The average molecular weight is 490 g/mol. The van der Waals surface area contributed by atoms with Gasteiger partial charge >= 0.3 is 5.69 Å². The number of amides is 2. The number of nitrogens with one attached hydrogen (secondary N) is 2. The molecule has 1 saturated heterocycles. The van der Waals surface area contributed by atoms with Crippen LogP contribution in [0.15, 0.2) is 46.0 Å². The fourth-order valence-corrected chi connectivity index (χ4v) is 4.94. The molecular weight excluding hydrogens is 458 g/mol. The van der Waals surface area contributed by atoms with Gasteiger partial charge in [-0.15, -0.1) is 0 Å². The Morgan fingerprint density at radius 2 is 1.81 bits per heavy atom. The van der Waals surface area contributed by atoms with Crippen LogP contribution in [0.3, 0.4) is 0 Å². The number of fused-ring (bicyclic) bond motifs is 1. The summed E-state index contributed by atoms with van der Waals surface area (Å²) >= 11 is 0. The Labute approximate surface area is 208 Å². The Kier molecular flexibility index (Phi) is 6.71. The maximum Gasteiger partial charge on any atom is 0.329 e. The SMILES string of the molecule is CCn1c(=O)[nH]c(=O)c2c(C(=O)N3CCC(NC(=O)CCc4ccccc4)CC3)cc(C3CC3)nc21. The molecule has 1 aliphatic heterocycles. The molecule has 2 fully saturated rings. The van der Waals surface area contributed by atoms with E-state index < -0.39 is 11.2 Å². The van der Waals surface area contributed by atoms with Crippen LogP contribution in [0, 0.1) is 0 Å². The van der Waals surface area contributed by atoms with E-state index in [1.165, 1.54) is 4.57 Å². The number of rotatable bonds is 7. The molecule has 2 N–H and O–H groups in total. The molecule has 3 heterocycles. The van der Waals surface area contributed by atoms with Gasteiger partial charge in [-0.2, -0.15) is 0 Å². The van der Waals surface area contributed by atoms with Crippen LogP contribution < -0.4 is 16.6 Å². The highest BCUT2D eigenvalue weighted by Gasteiger charge is 2.31. The largest absolute Gasteiger partial charge is 0.353 e. The minimum Gasteiger partial charge on any atom is -0.353 e. The molecule has 36 heavy (non-hydrogen) atoms. The van der Waals surface area contributed by atoms with Gasteiger partial charge in [-0.1, -0.05) is 30.3 Å². The van der Waals surface area contributed by atoms with Gasteiger partial charge in [0.1, 0.15) is 0 Å². The standard InChI is InChI=1S/C27H31N5O4/c1-2-32-24-23(25(34)30-27(32)36)20(16-21(29-24)18-9-10-18)26(35)31-14-12-19(13-15-31)28-22(33)11-8-17-6-4-3-5-7-17/h3-7,16,18-19H,2,8-15H2,1H3,(H,28,33)(H,30,34,36). The van der Waals surface area contributed by atoms with Crippen molar-refractivity contribution in [2.75, 3.05) is 13.1 Å². The zero-order valence-corrected chi connectivity index (χ0v) is 20.5. The summed E-state index contributed by atoms with van der Waals surface area (Å²) in [5.74, 6) is 0.0457. The van der Waals surface area contributed by atoms with Crippen LogP contribution >= 0.6 is 0 Å². The van der Waals surface area contributed by atoms with Gasteiger partial charge < -0.3 is 10.2 Å². The molecule has 0 bridgehead atoms. The average Bonchev–Trinajstić information content (AvgIpc) is 3.73. The van der Waals surface area contributed by atoms with Crippen LogP contribution in [-0.4, -0.2) is 50.4 Å². The van der Waals surface area contributed by atoms with Crippen LogP contribution in [0.25, 0.3) is 11.0 Å². The normalized spacial score (nSPS) is 16.3. The molecule has 9 nitrogen and oxygen atoms in total. The van der Waals surface area contributed by atoms with Gasteiger partial charge in [0.25, 0.3) is 11.5 Å². The van der Waals surface area contributed by atoms with Crippen molar-refractivity contribution in [3.63, 3.8) is 0 Å². The van der Waals surface area contributed by atoms with Crippen molar-refractivity contribution in [2.45, 2.75) is 64.0 Å². The number of carbonyl (C=O) groups is 2. The molecule has 1 aromatic carbocycles. The summed E-state index contributed by atoms with van der Waals surface area (Å²) in [6.45, 7) is 3.12. The first-order chi connectivity index (χ1) is 17.4. The summed E-state index contributed by atoms with van der Waals surface area (Å²) < 4.78 is 1.41. The highest BCUT2D eigenvalue weighted by molar-refractivity contribution is 6.05. The van der Waals surface area contributed by atoms with E-state index in [0.717, 1.165) is 24.1 Å². The van der Waals surface area contributed by atoms with E-state index in [9.17, 15) is 19.2 Å². The van der Waals surface area contributed by atoms with E-state index in [4.69, 9.17) is 0 Å². The van der Waals surface area contributed by atoms with E-state index in [1.54, 1.807) is 11.0 Å². The number of aromatic amines is 1. The molecule has 2 amide bonds. The molecule has 0 atom stereocenters. The number of piperidine rings is 1. The van der Waals surface area contributed by atoms with Crippen molar-refractivity contribution in [2.24, 2.45) is 0 Å². The molecule has 9 heteroatoms. The smallest absolute Gasteiger partial charge is 0.329 e. The second kappa shape index (κ2) is 10.1. The first-order valence-corrected chi connectivity index (χ1v) is 12.7. The predicted octanol–water partition coefficient (Wildman–Crippen LogP) is 2.34. The van der Waals surface area contributed by atoms with Crippen LogP contribution in [0.5, 0.6) is 0 Å². The van der Waals surface area contributed by atoms with E-state index in [-0.39, 0.29) is 34.8 Å². The maximum atomic E-state index is 13.6. The summed E-state index contributed by atoms with van der Waals surface area (Å²) in [5, 5.41) is 3.27. The van der Waals surface area contributed by atoms with Crippen molar-refractivity contribution in [3.8, 4) is 0 Å². The van der Waals surface area contributed by atoms with Crippen LogP contribution in [0.1, 0.15) is 66.6 Å². The molecule has 0 radical (unpaired) electrons. The number of aromatic nitrogens is 3. The van der Waals surface area contributed by atoms with E-state index >= 15 is 0 Å². The van der Waals surface area contributed by atoms with Gasteiger partial charge in [-0.3, -0.25) is 23.9 Å². The fraction of sp³-hybridized carbons (Fsp3) is 0.444. The minimum atomic E-state index is -0.585. The Balaban J connectivity index is 1.29. The lowest BCUT2D eigenvalue weighted by Crippen LogP contribution is -2.47. The summed E-state index contributed by atoms with van der Waals surface area (Å²) in [5.41, 5.74) is 1.37. The molecular formula is C27H31N5O4. The number of hydrogen-bond donors (Lipinski definition) is 2. The monoisotopic (exact) mass is 489 g/mol. The lowest BCUT2D eigenvalue weighted by Gasteiger charge is -2.32. The fourth-order valence-electron chi connectivity index (χ4n) is 4.94. The minimum absolute atomic E-state index is 0.0157. The first-order valence-electron chi connectivity index (χ1n) is 12.7. The van der Waals surface area contributed by atoms with Crippen molar-refractivity contribution < 1.29 is 9.59 Å². The van der Waals surface area contributed by atoms with Crippen molar-refractivity contribution >= 4 is 22.8 Å². The van der Waals surface area contributed by atoms with Crippen molar-refractivity contribution in [3.05, 3.63) is 74.1 Å². The van der Waals surface area contributed by atoms with Crippen LogP contribution in [-0.2, 0) is 17.8 Å². The molecule has 3 aromatic rings. The molecule has 1 aliphatic carbocycles. The third kappa shape index (κ3) is 4.96. The molecule has 2 aromatic heterocycles. The second-order valence-electron chi connectivity index (χ2n) is 9.69. The van der Waals surface area contributed by atoms with E-state index in [1.807, 2.05) is 37.3 Å². The van der Waals surface area contributed by atoms with Gasteiger partial charge in [0.2, 0.25) is 5.91 Å². The zero-order chi connectivity index (χ0) is 25.2. The van der Waals surface area contributed by atoms with Gasteiger partial charge in [0.15, 0.2) is 5.65 Å². The van der Waals surface area contributed by atoms with Gasteiger partial charge in [-0.25, -0.2) is 9.78 Å². The summed E-state index contributed by atoms with van der Waals surface area (Å²) in [6, 6.07) is 11.7. The van der Waals surface area contributed by atoms with Crippen molar-refractivity contribution in [1.82, 2.24) is 24.8 Å². The third-order valence-electron chi connectivity index (χ3n) is 7.14. The lowest BCUT2D eigenvalue weighted by molar-refractivity contribution is -0.122. The second-order valence-corrected chi connectivity index (χ2v) is 9.69. The number of H-pyrrole nitrogens is 1. The highest BCUT2D eigenvalue weighted by Crippen LogP contribution is 2.40. The van der Waals surface area contributed by atoms with E-state index in [2.05, 4.69) is 15.3 Å². The Bertz CT molecular complexity index is 1400. The van der Waals surface area contributed by atoms with E-state index in [0.29, 0.717) is 50.9 Å². The predicted molar refractivity (Wildman–Crippen MR) is 136 cm³/mol. The summed E-state index contributed by atoms with van der Waals surface area (Å²) in [7, 11) is 0. The van der Waals surface area contributed by atoms with Gasteiger partial charge in [0, 0.05) is 43.7 Å². The number of pyridine rings is 1. The first kappa shape index (κ1) is 24.0. The highest BCUT2D eigenvalue weighted by atomic mass is 16.2. The molecule has 5 rings (SSSR count). The number of benzene rings is 1. The van der Waals surface area contributed by atoms with Gasteiger partial charge in [-0.05, 0) is 50.7 Å². The Hall–Kier alpha value is -3.75. The number of nitrogens with zero attached hydrogens (tertiary/aromatic N) is 3. The zero-order valence-electron chi connectivity index (χ0n) is 20.5. The quantitative estimate of drug-likeness (QED) is 0.528. The number of likely N-dealkylation sites (tertiary alicyclic amines) is 1. The van der Waals surface area contributed by atoms with Crippen LogP contribution in [0.2, 0.25) is 0 Å². The molecule has 0 spiro atoms. The molecule has 0 unspecified atom stereocenters. The third-order valence-corrected chi connectivity index (χ3v) is 7.14. The Morgan fingerprint density at radius 1 is 1.08 bits per heavy atom. The topological polar surface area (TPSA) is 117 Å². The summed E-state index contributed by atoms with van der Waals surface area (Å²) in [6.07, 6.45) is 4.40. The lowest BCUT2D eigenvalue weighted by atomic mass is 10.0. The maximum absolute atomic E-state index is 13.6.